The van der Waals surface area contributed by atoms with Gasteiger partial charge in [-0.1, -0.05) is 39.5 Å². The van der Waals surface area contributed by atoms with Crippen LogP contribution in [-0.4, -0.2) is 58.0 Å². The van der Waals surface area contributed by atoms with Gasteiger partial charge in [-0.2, -0.15) is 0 Å². The highest BCUT2D eigenvalue weighted by Crippen LogP contribution is 2.11. The van der Waals surface area contributed by atoms with Crippen molar-refractivity contribution in [3.8, 4) is 0 Å². The van der Waals surface area contributed by atoms with Crippen molar-refractivity contribution in [3.05, 3.63) is 0 Å². The van der Waals surface area contributed by atoms with E-state index in [2.05, 4.69) is 34.8 Å². The van der Waals surface area contributed by atoms with Crippen LogP contribution < -0.4 is 16.0 Å². The second kappa shape index (κ2) is 14.4. The molecule has 0 radical (unpaired) electrons. The molecule has 1 fully saturated rings. The molecule has 0 aromatic heterocycles. The Morgan fingerprint density at radius 3 is 2.37 bits per heavy atom. The number of halogens is 1. The lowest BCUT2D eigenvalue weighted by atomic mass is 10.0. The van der Waals surface area contributed by atoms with Gasteiger partial charge in [-0.3, -0.25) is 9.79 Å². The SMILES string of the molecule is CN=C(NCCCCCCC(C)C)NCCC(=O)NC1CCS(=O)(=O)C1.I. The summed E-state index contributed by atoms with van der Waals surface area (Å²) in [5, 5.41) is 9.16. The van der Waals surface area contributed by atoms with Gasteiger partial charge < -0.3 is 16.0 Å². The highest BCUT2D eigenvalue weighted by atomic mass is 127. The molecule has 1 rings (SSSR count). The van der Waals surface area contributed by atoms with Crippen molar-refractivity contribution in [2.45, 2.75) is 64.8 Å². The van der Waals surface area contributed by atoms with E-state index >= 15 is 0 Å². The number of unbranched alkanes of at least 4 members (excludes halogenated alkanes) is 3. The van der Waals surface area contributed by atoms with Crippen LogP contribution in [0.1, 0.15) is 58.8 Å². The maximum Gasteiger partial charge on any atom is 0.222 e. The standard InChI is InChI=1S/C18H36N4O3S.HI/c1-15(2)8-6-4-5-7-11-20-18(19-3)21-12-9-17(23)22-16-10-13-26(24,25)14-16;/h15-16H,4-14H2,1-3H3,(H,22,23)(H2,19,20,21);1H. The monoisotopic (exact) mass is 516 g/mol. The normalized spacial score (nSPS) is 18.8. The van der Waals surface area contributed by atoms with E-state index in [9.17, 15) is 13.2 Å². The number of nitrogens with zero attached hydrogens (tertiary/aromatic N) is 1. The van der Waals surface area contributed by atoms with Gasteiger partial charge in [-0.05, 0) is 18.8 Å². The third kappa shape index (κ3) is 13.3. The van der Waals surface area contributed by atoms with Crippen molar-refractivity contribution >= 4 is 45.7 Å². The molecule has 1 heterocycles. The number of carbonyl (C=O) groups excluding carboxylic acids is 1. The maximum atomic E-state index is 11.9. The summed E-state index contributed by atoms with van der Waals surface area (Å²) in [5.74, 6) is 1.59. The van der Waals surface area contributed by atoms with Gasteiger partial charge in [0.1, 0.15) is 0 Å². The molecule has 1 unspecified atom stereocenters. The molecule has 7 nitrogen and oxygen atoms in total. The first-order valence-corrected chi connectivity index (χ1v) is 11.6. The fourth-order valence-corrected chi connectivity index (χ4v) is 4.64. The zero-order valence-electron chi connectivity index (χ0n) is 16.9. The predicted octanol–water partition coefficient (Wildman–Crippen LogP) is 2.07. The average molecular weight is 516 g/mol. The van der Waals surface area contributed by atoms with E-state index in [1.807, 2.05) is 0 Å². The maximum absolute atomic E-state index is 11.9. The van der Waals surface area contributed by atoms with Crippen molar-refractivity contribution in [1.29, 1.82) is 0 Å². The zero-order chi connectivity index (χ0) is 19.4. The van der Waals surface area contributed by atoms with Gasteiger partial charge >= 0.3 is 0 Å². The fourth-order valence-electron chi connectivity index (χ4n) is 2.96. The Morgan fingerprint density at radius 1 is 1.11 bits per heavy atom. The van der Waals surface area contributed by atoms with Crippen molar-refractivity contribution in [2.75, 3.05) is 31.6 Å². The molecule has 1 aliphatic rings. The summed E-state index contributed by atoms with van der Waals surface area (Å²) in [7, 11) is -1.25. The molecule has 160 valence electrons. The van der Waals surface area contributed by atoms with E-state index < -0.39 is 9.84 Å². The van der Waals surface area contributed by atoms with Crippen LogP contribution >= 0.6 is 24.0 Å². The number of nitrogens with one attached hydrogen (secondary N) is 3. The first-order valence-electron chi connectivity index (χ1n) is 9.76. The molecule has 1 amide bonds. The summed E-state index contributed by atoms with van der Waals surface area (Å²) < 4.78 is 22.8. The number of carbonyl (C=O) groups is 1. The minimum Gasteiger partial charge on any atom is -0.356 e. The Morgan fingerprint density at radius 2 is 1.78 bits per heavy atom. The first-order chi connectivity index (χ1) is 12.3. The van der Waals surface area contributed by atoms with Crippen LogP contribution in [0, 0.1) is 5.92 Å². The van der Waals surface area contributed by atoms with E-state index in [0.717, 1.165) is 18.9 Å². The second-order valence-corrected chi connectivity index (χ2v) is 9.67. The predicted molar refractivity (Wildman–Crippen MR) is 123 cm³/mol. The number of amides is 1. The Balaban J connectivity index is 0.00000676. The number of hydrogen-bond acceptors (Lipinski definition) is 4. The van der Waals surface area contributed by atoms with Gasteiger partial charge in [-0.25, -0.2) is 8.42 Å². The number of rotatable bonds is 11. The Kier molecular flexibility index (Phi) is 14.1. The summed E-state index contributed by atoms with van der Waals surface area (Å²) in [6.45, 7) is 5.85. The van der Waals surface area contributed by atoms with Gasteiger partial charge in [0.2, 0.25) is 5.91 Å². The van der Waals surface area contributed by atoms with Crippen LogP contribution in [0.2, 0.25) is 0 Å². The lowest BCUT2D eigenvalue weighted by molar-refractivity contribution is -0.121. The molecule has 27 heavy (non-hydrogen) atoms. The summed E-state index contributed by atoms with van der Waals surface area (Å²) in [5.41, 5.74) is 0. The summed E-state index contributed by atoms with van der Waals surface area (Å²) >= 11 is 0. The molecule has 0 bridgehead atoms. The number of guanidine groups is 1. The molecule has 0 aromatic rings. The Hall–Kier alpha value is -0.580. The van der Waals surface area contributed by atoms with E-state index in [4.69, 9.17) is 0 Å². The van der Waals surface area contributed by atoms with Gasteiger partial charge in [-0.15, -0.1) is 24.0 Å². The third-order valence-electron chi connectivity index (χ3n) is 4.47. The minimum absolute atomic E-state index is 0. The minimum atomic E-state index is -2.96. The summed E-state index contributed by atoms with van der Waals surface area (Å²) in [4.78, 5) is 16.0. The van der Waals surface area contributed by atoms with Crippen LogP contribution in [0.15, 0.2) is 4.99 Å². The average Bonchev–Trinajstić information content (AvgIpc) is 2.90. The fraction of sp³-hybridized carbons (Fsp3) is 0.889. The van der Waals surface area contributed by atoms with Crippen molar-refractivity contribution in [3.63, 3.8) is 0 Å². The van der Waals surface area contributed by atoms with Gasteiger partial charge in [0.05, 0.1) is 11.5 Å². The molecule has 1 atom stereocenters. The van der Waals surface area contributed by atoms with Crippen LogP contribution in [0.25, 0.3) is 0 Å². The number of hydrogen-bond donors (Lipinski definition) is 3. The lowest BCUT2D eigenvalue weighted by Crippen LogP contribution is -2.41. The van der Waals surface area contributed by atoms with Crippen LogP contribution in [0.3, 0.4) is 0 Å². The molecule has 0 aromatic carbocycles. The Bertz CT molecular complexity index is 553. The van der Waals surface area contributed by atoms with Crippen LogP contribution in [0.4, 0.5) is 0 Å². The highest BCUT2D eigenvalue weighted by Gasteiger charge is 2.28. The van der Waals surface area contributed by atoms with Crippen molar-refractivity contribution in [1.82, 2.24) is 16.0 Å². The largest absolute Gasteiger partial charge is 0.356 e. The Labute approximate surface area is 181 Å². The molecule has 0 spiro atoms. The highest BCUT2D eigenvalue weighted by molar-refractivity contribution is 14.0. The van der Waals surface area contributed by atoms with Crippen LogP contribution in [-0.2, 0) is 14.6 Å². The molecular weight excluding hydrogens is 479 g/mol. The van der Waals surface area contributed by atoms with E-state index in [0.29, 0.717) is 25.3 Å². The van der Waals surface area contributed by atoms with Gasteiger partial charge in [0.15, 0.2) is 15.8 Å². The molecule has 3 N–H and O–H groups in total. The number of sulfone groups is 1. The summed E-state index contributed by atoms with van der Waals surface area (Å²) in [6.07, 6.45) is 6.99. The third-order valence-corrected chi connectivity index (χ3v) is 6.23. The van der Waals surface area contributed by atoms with Crippen LogP contribution in [0.5, 0.6) is 0 Å². The van der Waals surface area contributed by atoms with Gasteiger partial charge in [0.25, 0.3) is 0 Å². The molecule has 9 heteroatoms. The topological polar surface area (TPSA) is 99.7 Å². The van der Waals surface area contributed by atoms with E-state index in [-0.39, 0.29) is 47.4 Å². The smallest absolute Gasteiger partial charge is 0.222 e. The molecule has 1 aliphatic heterocycles. The molecular formula is C18H37IN4O3S. The number of aliphatic imine (C=N–C) groups is 1. The van der Waals surface area contributed by atoms with Crippen molar-refractivity contribution in [2.24, 2.45) is 10.9 Å². The van der Waals surface area contributed by atoms with Gasteiger partial charge in [0, 0.05) is 32.6 Å². The quantitative estimate of drug-likeness (QED) is 0.169. The summed E-state index contributed by atoms with van der Waals surface area (Å²) in [6, 6.07) is -0.236. The molecule has 0 aliphatic carbocycles. The van der Waals surface area contributed by atoms with Crippen molar-refractivity contribution < 1.29 is 13.2 Å². The molecule has 0 saturated carbocycles. The lowest BCUT2D eigenvalue weighted by Gasteiger charge is -2.13. The zero-order valence-corrected chi connectivity index (χ0v) is 20.1. The second-order valence-electron chi connectivity index (χ2n) is 7.44. The van der Waals surface area contributed by atoms with E-state index in [1.165, 1.54) is 25.7 Å². The first kappa shape index (κ1) is 26.4. The molecule has 1 saturated heterocycles. The van der Waals surface area contributed by atoms with E-state index in [1.54, 1.807) is 7.05 Å².